The van der Waals surface area contributed by atoms with Crippen LogP contribution in [0.3, 0.4) is 0 Å². The molecule has 0 aliphatic heterocycles. The van der Waals surface area contributed by atoms with Crippen LogP contribution in [0, 0.1) is 11.3 Å². The summed E-state index contributed by atoms with van der Waals surface area (Å²) in [5.74, 6) is 1.36. The Morgan fingerprint density at radius 3 is 2.58 bits per heavy atom. The fraction of sp³-hybridized carbons (Fsp3) is 0.353. The van der Waals surface area contributed by atoms with E-state index in [2.05, 4.69) is 44.2 Å². The summed E-state index contributed by atoms with van der Waals surface area (Å²) >= 11 is 0.223. The molecule has 1 heterocycles. The van der Waals surface area contributed by atoms with E-state index in [1.54, 1.807) is 0 Å². The molecule has 1 nitrogen and oxygen atoms in total. The maximum absolute atomic E-state index is 12.6. The van der Waals surface area contributed by atoms with Gasteiger partial charge in [-0.15, -0.1) is 0 Å². The van der Waals surface area contributed by atoms with Crippen molar-refractivity contribution in [3.8, 4) is 10.0 Å². The second-order valence-electron chi connectivity index (χ2n) is 6.29. The second-order valence-corrected chi connectivity index (χ2v) is 8.50. The van der Waals surface area contributed by atoms with Gasteiger partial charge in [0.05, 0.1) is 0 Å². The van der Waals surface area contributed by atoms with Crippen LogP contribution >= 0.6 is 0 Å². The number of benzene rings is 1. The van der Waals surface area contributed by atoms with E-state index in [0.29, 0.717) is 17.6 Å². The van der Waals surface area contributed by atoms with Gasteiger partial charge in [0, 0.05) is 0 Å². The topological polar surface area (TPSA) is 17.1 Å². The van der Waals surface area contributed by atoms with Crippen LogP contribution in [-0.4, -0.2) is 20.3 Å². The van der Waals surface area contributed by atoms with E-state index < -0.39 is 0 Å². The minimum absolute atomic E-state index is 0.189. The molecule has 0 saturated heterocycles. The summed E-state index contributed by atoms with van der Waals surface area (Å²) in [7, 11) is 0. The molecule has 1 aromatic carbocycles. The van der Waals surface area contributed by atoms with Gasteiger partial charge in [-0.3, -0.25) is 0 Å². The number of carbonyl (C=O) groups excluding carboxylic acids is 1. The average Bonchev–Trinajstić information content (AvgIpc) is 2.84. The van der Waals surface area contributed by atoms with E-state index in [0.717, 1.165) is 6.42 Å². The summed E-state index contributed by atoms with van der Waals surface area (Å²) in [4.78, 5) is 12.6. The molecule has 0 spiro atoms. The minimum atomic E-state index is 0.189. The van der Waals surface area contributed by atoms with Gasteiger partial charge in [-0.05, 0) is 0 Å². The Morgan fingerprint density at radius 2 is 1.89 bits per heavy atom. The zero-order chi connectivity index (χ0) is 13.2. The van der Waals surface area contributed by atoms with Gasteiger partial charge in [-0.1, -0.05) is 0 Å². The first-order chi connectivity index (χ1) is 9.09. The Hall–Kier alpha value is -1.11. The van der Waals surface area contributed by atoms with Crippen molar-refractivity contribution in [1.82, 2.24) is 0 Å². The summed E-state index contributed by atoms with van der Waals surface area (Å²) in [6.45, 7) is 4.52. The Morgan fingerprint density at radius 1 is 1.16 bits per heavy atom. The van der Waals surface area contributed by atoms with Gasteiger partial charge in [-0.25, -0.2) is 0 Å². The van der Waals surface area contributed by atoms with Crippen molar-refractivity contribution in [2.45, 2.75) is 26.2 Å². The fourth-order valence-corrected chi connectivity index (χ4v) is 6.22. The molecule has 3 aliphatic carbocycles. The summed E-state index contributed by atoms with van der Waals surface area (Å²) in [5.41, 5.74) is 2.85. The number of hydrogen-bond acceptors (Lipinski definition) is 1. The molecule has 5 rings (SSSR count). The van der Waals surface area contributed by atoms with Crippen molar-refractivity contribution in [3.05, 3.63) is 46.4 Å². The molecule has 3 aliphatic rings. The summed E-state index contributed by atoms with van der Waals surface area (Å²) in [6, 6.07) is 12.8. The van der Waals surface area contributed by atoms with E-state index >= 15 is 0 Å². The molecule has 0 amide bonds. The number of ketones is 1. The van der Waals surface area contributed by atoms with Gasteiger partial charge in [0.1, 0.15) is 0 Å². The van der Waals surface area contributed by atoms with Crippen LogP contribution in [-0.2, 0) is 0 Å². The predicted octanol–water partition coefficient (Wildman–Crippen LogP) is 3.74. The summed E-state index contributed by atoms with van der Waals surface area (Å²) in [6.07, 6.45) is 1.08. The molecule has 2 aromatic rings. The maximum atomic E-state index is 12.6. The molecule has 1 aromatic heterocycles. The summed E-state index contributed by atoms with van der Waals surface area (Å²) in [5, 5.41) is 0. The van der Waals surface area contributed by atoms with E-state index in [9.17, 15) is 4.79 Å². The molecule has 2 atom stereocenters. The third kappa shape index (κ3) is 1.45. The standard InChI is InChI=1S/C17H16OSe/c1-17(2)12-9-13(17)15(18)16-11(12)8-14(19-16)10-6-4-3-5-7-10/h3-8,12-13H,9H2,1-2H3/t12-,13+/m0/s1. The van der Waals surface area contributed by atoms with Crippen LogP contribution in [0.15, 0.2) is 36.4 Å². The number of hydrogen-bond donors (Lipinski definition) is 0. The van der Waals surface area contributed by atoms with E-state index in [1.165, 1.54) is 20.0 Å². The molecule has 1 fully saturated rings. The van der Waals surface area contributed by atoms with Crippen molar-refractivity contribution in [2.24, 2.45) is 11.3 Å². The number of rotatable bonds is 1. The van der Waals surface area contributed by atoms with E-state index in [-0.39, 0.29) is 19.9 Å². The van der Waals surface area contributed by atoms with Crippen LogP contribution in [0.5, 0.6) is 0 Å². The Bertz CT molecular complexity index is 666. The fourth-order valence-electron chi connectivity index (χ4n) is 3.66. The Labute approximate surface area is 119 Å². The van der Waals surface area contributed by atoms with Gasteiger partial charge in [-0.2, -0.15) is 0 Å². The van der Waals surface area contributed by atoms with Gasteiger partial charge < -0.3 is 0 Å². The summed E-state index contributed by atoms with van der Waals surface area (Å²) < 4.78 is 2.56. The first-order valence-electron chi connectivity index (χ1n) is 6.82. The SMILES string of the molecule is CC1(C)[C@@H]2C[C@H]1c1cc(-c3ccccc3)[se]c1C2=O. The zero-order valence-electron chi connectivity index (χ0n) is 11.1. The van der Waals surface area contributed by atoms with Gasteiger partial charge in [0.25, 0.3) is 0 Å². The quantitative estimate of drug-likeness (QED) is 0.733. The van der Waals surface area contributed by atoms with Crippen LogP contribution in [0.25, 0.3) is 10.0 Å². The van der Waals surface area contributed by atoms with Crippen molar-refractivity contribution >= 4 is 20.3 Å². The van der Waals surface area contributed by atoms with Crippen LogP contribution in [0.4, 0.5) is 0 Å². The van der Waals surface area contributed by atoms with Crippen LogP contribution < -0.4 is 0 Å². The van der Waals surface area contributed by atoms with Crippen molar-refractivity contribution in [1.29, 1.82) is 0 Å². The molecular weight excluding hydrogens is 299 g/mol. The van der Waals surface area contributed by atoms with Crippen LogP contribution in [0.2, 0.25) is 0 Å². The molecule has 0 radical (unpaired) electrons. The monoisotopic (exact) mass is 316 g/mol. The molecule has 96 valence electrons. The van der Waals surface area contributed by atoms with Crippen molar-refractivity contribution in [2.75, 3.05) is 0 Å². The Balaban J connectivity index is 1.86. The van der Waals surface area contributed by atoms with Gasteiger partial charge in [0.15, 0.2) is 0 Å². The zero-order valence-corrected chi connectivity index (χ0v) is 12.9. The van der Waals surface area contributed by atoms with Crippen molar-refractivity contribution in [3.63, 3.8) is 0 Å². The predicted molar refractivity (Wildman–Crippen MR) is 77.8 cm³/mol. The van der Waals surface area contributed by atoms with Gasteiger partial charge >= 0.3 is 119 Å². The molecule has 2 bridgehead atoms. The number of carbonyl (C=O) groups is 1. The third-order valence-electron chi connectivity index (χ3n) is 5.00. The molecule has 1 saturated carbocycles. The molecule has 0 N–H and O–H groups in total. The van der Waals surface area contributed by atoms with E-state index in [1.807, 2.05) is 6.07 Å². The second kappa shape index (κ2) is 3.71. The molecule has 19 heavy (non-hydrogen) atoms. The normalized spacial score (nSPS) is 26.7. The Kier molecular flexibility index (Phi) is 2.29. The first kappa shape index (κ1) is 11.7. The van der Waals surface area contributed by atoms with Gasteiger partial charge in [0.2, 0.25) is 0 Å². The van der Waals surface area contributed by atoms with Crippen molar-refractivity contribution < 1.29 is 4.79 Å². The first-order valence-corrected chi connectivity index (χ1v) is 8.53. The van der Waals surface area contributed by atoms with E-state index in [4.69, 9.17) is 0 Å². The third-order valence-corrected chi connectivity index (χ3v) is 7.55. The molecular formula is C17H16OSe. The molecule has 2 heteroatoms. The average molecular weight is 315 g/mol. The molecule has 0 unspecified atom stereocenters. The van der Waals surface area contributed by atoms with Crippen LogP contribution in [0.1, 0.15) is 41.0 Å². The number of Topliss-reactive ketones (excluding diaryl/α,β-unsaturated/α-hetero) is 1.